The van der Waals surface area contributed by atoms with Gasteiger partial charge in [-0.1, -0.05) is 30.4 Å². The summed E-state index contributed by atoms with van der Waals surface area (Å²) in [6.07, 6.45) is 9.30. The van der Waals surface area contributed by atoms with Crippen molar-refractivity contribution in [3.05, 3.63) is 47.8 Å². The van der Waals surface area contributed by atoms with Crippen molar-refractivity contribution in [2.45, 2.75) is 6.42 Å². The highest BCUT2D eigenvalue weighted by Crippen LogP contribution is 2.26. The first kappa shape index (κ1) is 6.84. The first-order valence-corrected chi connectivity index (χ1v) is 4.47. The minimum Gasteiger partial charge on any atom is -0.264 e. The molecule has 0 aliphatic heterocycles. The Labute approximate surface area is 76.7 Å². The molecule has 3 rings (SSSR count). The van der Waals surface area contributed by atoms with Crippen molar-refractivity contribution in [1.82, 2.24) is 4.98 Å². The molecule has 0 unspecified atom stereocenters. The van der Waals surface area contributed by atoms with Crippen molar-refractivity contribution >= 4 is 16.8 Å². The lowest BCUT2D eigenvalue weighted by atomic mass is 9.95. The minimum atomic E-state index is 1.02. The Hall–Kier alpha value is -1.63. The van der Waals surface area contributed by atoms with E-state index in [2.05, 4.69) is 35.3 Å². The van der Waals surface area contributed by atoms with Crippen LogP contribution < -0.4 is 0 Å². The molecular weight excluding hydrogens is 158 g/mol. The third-order valence-electron chi connectivity index (χ3n) is 2.53. The third kappa shape index (κ3) is 0.903. The van der Waals surface area contributed by atoms with Gasteiger partial charge >= 0.3 is 0 Å². The second-order valence-corrected chi connectivity index (χ2v) is 3.35. The molecule has 0 fully saturated rings. The molecule has 0 atom stereocenters. The van der Waals surface area contributed by atoms with Gasteiger partial charge < -0.3 is 0 Å². The molecule has 1 aliphatic carbocycles. The van der Waals surface area contributed by atoms with Crippen molar-refractivity contribution in [3.63, 3.8) is 0 Å². The Bertz CT molecular complexity index is 492. The van der Waals surface area contributed by atoms with Crippen molar-refractivity contribution < 1.29 is 0 Å². The van der Waals surface area contributed by atoms with Crippen LogP contribution in [0.2, 0.25) is 0 Å². The number of allylic oxidation sites excluding steroid dienone is 1. The first-order chi connectivity index (χ1) is 6.45. The molecule has 13 heavy (non-hydrogen) atoms. The minimum absolute atomic E-state index is 1.02. The van der Waals surface area contributed by atoms with Gasteiger partial charge in [0.1, 0.15) is 0 Å². The van der Waals surface area contributed by atoms with Gasteiger partial charge in [0.15, 0.2) is 0 Å². The van der Waals surface area contributed by atoms with Crippen LogP contribution >= 0.6 is 0 Å². The van der Waals surface area contributed by atoms with E-state index >= 15 is 0 Å². The number of rotatable bonds is 0. The number of benzene rings is 1. The average molecular weight is 167 g/mol. The molecular formula is C12H9N. The van der Waals surface area contributed by atoms with Crippen LogP contribution in [0.4, 0.5) is 0 Å². The summed E-state index contributed by atoms with van der Waals surface area (Å²) in [5.74, 6) is 0. The Morgan fingerprint density at radius 2 is 2.15 bits per heavy atom. The molecule has 1 aromatic heterocycles. The zero-order valence-electron chi connectivity index (χ0n) is 7.20. The van der Waals surface area contributed by atoms with Crippen LogP contribution in [0.5, 0.6) is 0 Å². The molecule has 1 heteroatoms. The van der Waals surface area contributed by atoms with Crippen LogP contribution in [-0.2, 0) is 6.42 Å². The third-order valence-corrected chi connectivity index (χ3v) is 2.53. The SMILES string of the molecule is C1=Cc2cccc3cncc(c23)C1. The monoisotopic (exact) mass is 167 g/mol. The molecule has 62 valence electrons. The van der Waals surface area contributed by atoms with Crippen molar-refractivity contribution in [3.8, 4) is 0 Å². The largest absolute Gasteiger partial charge is 0.264 e. The Morgan fingerprint density at radius 3 is 3.15 bits per heavy atom. The summed E-state index contributed by atoms with van der Waals surface area (Å²) >= 11 is 0. The van der Waals surface area contributed by atoms with Gasteiger partial charge in [-0.3, -0.25) is 4.98 Å². The number of nitrogens with zero attached hydrogens (tertiary/aromatic N) is 1. The van der Waals surface area contributed by atoms with E-state index in [1.807, 2.05) is 12.4 Å². The van der Waals surface area contributed by atoms with E-state index in [1.54, 1.807) is 0 Å². The molecule has 0 saturated carbocycles. The first-order valence-electron chi connectivity index (χ1n) is 4.47. The summed E-state index contributed by atoms with van der Waals surface area (Å²) in [4.78, 5) is 4.22. The van der Waals surface area contributed by atoms with E-state index in [0.29, 0.717) is 0 Å². The van der Waals surface area contributed by atoms with Gasteiger partial charge in [-0.05, 0) is 22.9 Å². The van der Waals surface area contributed by atoms with E-state index in [1.165, 1.54) is 21.9 Å². The number of hydrogen-bond acceptors (Lipinski definition) is 1. The lowest BCUT2D eigenvalue weighted by Crippen LogP contribution is -1.93. The van der Waals surface area contributed by atoms with Gasteiger partial charge in [-0.25, -0.2) is 0 Å². The quantitative estimate of drug-likeness (QED) is 0.588. The van der Waals surface area contributed by atoms with Gasteiger partial charge in [0.05, 0.1) is 0 Å². The lowest BCUT2D eigenvalue weighted by molar-refractivity contribution is 1.22. The Kier molecular flexibility index (Phi) is 1.28. The molecule has 1 aliphatic rings. The van der Waals surface area contributed by atoms with E-state index < -0.39 is 0 Å². The van der Waals surface area contributed by atoms with Gasteiger partial charge in [0.2, 0.25) is 0 Å². The van der Waals surface area contributed by atoms with Crippen LogP contribution in [0.25, 0.3) is 16.8 Å². The number of hydrogen-bond donors (Lipinski definition) is 0. The molecule has 1 nitrogen and oxygen atoms in total. The van der Waals surface area contributed by atoms with Crippen LogP contribution in [0.3, 0.4) is 0 Å². The van der Waals surface area contributed by atoms with E-state index in [4.69, 9.17) is 0 Å². The normalized spacial score (nSPS) is 13.5. The zero-order valence-corrected chi connectivity index (χ0v) is 7.20. The molecule has 0 bridgehead atoms. The highest BCUT2D eigenvalue weighted by atomic mass is 14.6. The summed E-state index contributed by atoms with van der Waals surface area (Å²) in [6, 6.07) is 6.36. The van der Waals surface area contributed by atoms with E-state index in [9.17, 15) is 0 Å². The van der Waals surface area contributed by atoms with Gasteiger partial charge in [0.25, 0.3) is 0 Å². The molecule has 0 saturated heterocycles. The number of pyridine rings is 1. The molecule has 0 amide bonds. The van der Waals surface area contributed by atoms with Gasteiger partial charge in [0, 0.05) is 17.8 Å². The van der Waals surface area contributed by atoms with Crippen molar-refractivity contribution in [2.24, 2.45) is 0 Å². The fraction of sp³-hybridized carbons (Fsp3) is 0.0833. The van der Waals surface area contributed by atoms with Crippen LogP contribution in [0.15, 0.2) is 36.7 Å². The van der Waals surface area contributed by atoms with Crippen LogP contribution in [-0.4, -0.2) is 4.98 Å². The van der Waals surface area contributed by atoms with Crippen LogP contribution in [0.1, 0.15) is 11.1 Å². The predicted molar refractivity (Wildman–Crippen MR) is 54.5 cm³/mol. The van der Waals surface area contributed by atoms with Crippen molar-refractivity contribution in [1.29, 1.82) is 0 Å². The Morgan fingerprint density at radius 1 is 1.15 bits per heavy atom. The van der Waals surface area contributed by atoms with Gasteiger partial charge in [-0.2, -0.15) is 0 Å². The summed E-state index contributed by atoms with van der Waals surface area (Å²) in [5, 5.41) is 2.62. The van der Waals surface area contributed by atoms with Gasteiger partial charge in [-0.15, -0.1) is 0 Å². The number of aromatic nitrogens is 1. The van der Waals surface area contributed by atoms with Crippen molar-refractivity contribution in [2.75, 3.05) is 0 Å². The average Bonchev–Trinajstić information content (AvgIpc) is 2.19. The van der Waals surface area contributed by atoms with Crippen LogP contribution in [0, 0.1) is 0 Å². The maximum absolute atomic E-state index is 4.22. The lowest BCUT2D eigenvalue weighted by Gasteiger charge is -2.10. The second-order valence-electron chi connectivity index (χ2n) is 3.35. The van der Waals surface area contributed by atoms with E-state index in [-0.39, 0.29) is 0 Å². The highest BCUT2D eigenvalue weighted by Gasteiger charge is 2.06. The molecule has 0 N–H and O–H groups in total. The molecule has 0 radical (unpaired) electrons. The fourth-order valence-corrected chi connectivity index (χ4v) is 1.95. The second kappa shape index (κ2) is 2.43. The summed E-state index contributed by atoms with van der Waals surface area (Å²) in [5.41, 5.74) is 2.66. The predicted octanol–water partition coefficient (Wildman–Crippen LogP) is 2.80. The Balaban J connectivity index is 2.56. The topological polar surface area (TPSA) is 12.9 Å². The highest BCUT2D eigenvalue weighted by molar-refractivity contribution is 5.94. The molecule has 2 aromatic rings. The fourth-order valence-electron chi connectivity index (χ4n) is 1.95. The molecule has 1 heterocycles. The maximum Gasteiger partial charge on any atom is 0.0346 e. The smallest absolute Gasteiger partial charge is 0.0346 e. The molecule has 1 aromatic carbocycles. The standard InChI is InChI=1S/C12H9N/c1-3-9-4-2-6-11-8-13-7-10(5-1)12(9)11/h1-5,7-8H,6H2. The summed E-state index contributed by atoms with van der Waals surface area (Å²) < 4.78 is 0. The van der Waals surface area contributed by atoms with E-state index in [0.717, 1.165) is 6.42 Å². The zero-order chi connectivity index (χ0) is 8.67. The summed E-state index contributed by atoms with van der Waals surface area (Å²) in [7, 11) is 0. The maximum atomic E-state index is 4.22. The summed E-state index contributed by atoms with van der Waals surface area (Å²) in [6.45, 7) is 0. The molecule has 0 spiro atoms.